The fourth-order valence-corrected chi connectivity index (χ4v) is 2.62. The van der Waals surface area contributed by atoms with Gasteiger partial charge in [0, 0.05) is 29.5 Å². The van der Waals surface area contributed by atoms with Gasteiger partial charge in [-0.3, -0.25) is 14.9 Å². The van der Waals surface area contributed by atoms with E-state index in [0.717, 1.165) is 18.3 Å². The molecule has 0 bridgehead atoms. The zero-order valence-electron chi connectivity index (χ0n) is 14.1. The molecule has 1 amide bonds. The van der Waals surface area contributed by atoms with Crippen LogP contribution in [0.15, 0.2) is 36.5 Å². The van der Waals surface area contributed by atoms with E-state index in [1.54, 1.807) is 6.92 Å². The Bertz CT molecular complexity index is 895. The fourth-order valence-electron chi connectivity index (χ4n) is 2.62. The van der Waals surface area contributed by atoms with Crippen molar-refractivity contribution in [3.8, 4) is 5.88 Å². The second-order valence-corrected chi connectivity index (χ2v) is 6.09. The summed E-state index contributed by atoms with van der Waals surface area (Å²) in [7, 11) is 0. The number of alkyl halides is 3. The average Bonchev–Trinajstić information content (AvgIpc) is 2.57. The number of nitro benzene ring substituents is 1. The SMILES string of the molecule is Cc1ccc(C(=O)N2CC(Oc3cc(C(F)(F)F)ccn3)C2)cc1[N+](=O)[O-]. The van der Waals surface area contributed by atoms with Gasteiger partial charge >= 0.3 is 6.18 Å². The summed E-state index contributed by atoms with van der Waals surface area (Å²) in [5.74, 6) is -0.581. The number of ether oxygens (including phenoxy) is 1. The third kappa shape index (κ3) is 3.99. The molecule has 1 aliphatic rings. The number of nitrogens with zero attached hydrogens (tertiary/aromatic N) is 3. The predicted molar refractivity (Wildman–Crippen MR) is 87.4 cm³/mol. The summed E-state index contributed by atoms with van der Waals surface area (Å²) >= 11 is 0. The largest absolute Gasteiger partial charge is 0.471 e. The number of pyridine rings is 1. The topological polar surface area (TPSA) is 85.6 Å². The number of amides is 1. The first-order valence-electron chi connectivity index (χ1n) is 7.89. The van der Waals surface area contributed by atoms with Crippen LogP contribution in [0.4, 0.5) is 18.9 Å². The second kappa shape index (κ2) is 6.86. The summed E-state index contributed by atoms with van der Waals surface area (Å²) in [6.07, 6.45) is -3.99. The lowest BCUT2D eigenvalue weighted by Gasteiger charge is -2.38. The van der Waals surface area contributed by atoms with Crippen LogP contribution in [-0.2, 0) is 6.18 Å². The zero-order valence-corrected chi connectivity index (χ0v) is 14.1. The smallest absolute Gasteiger partial charge is 0.416 e. The Morgan fingerprint density at radius 1 is 1.30 bits per heavy atom. The van der Waals surface area contributed by atoms with Crippen LogP contribution in [0.5, 0.6) is 5.88 Å². The van der Waals surface area contributed by atoms with Gasteiger partial charge in [-0.1, -0.05) is 6.07 Å². The number of nitro groups is 1. The van der Waals surface area contributed by atoms with Crippen LogP contribution in [0.3, 0.4) is 0 Å². The Labute approximate surface area is 151 Å². The lowest BCUT2D eigenvalue weighted by atomic mass is 10.1. The third-order valence-electron chi connectivity index (χ3n) is 4.14. The van der Waals surface area contributed by atoms with Crippen LogP contribution < -0.4 is 4.74 Å². The van der Waals surface area contributed by atoms with E-state index in [2.05, 4.69) is 4.98 Å². The lowest BCUT2D eigenvalue weighted by molar-refractivity contribution is -0.385. The van der Waals surface area contributed by atoms with Crippen molar-refractivity contribution in [1.82, 2.24) is 9.88 Å². The standard InChI is InChI=1S/C17H14F3N3O4/c1-10-2-3-11(6-14(10)23(25)26)16(24)22-8-13(9-22)27-15-7-12(4-5-21-15)17(18,19)20/h2-7,13H,8-9H2,1H3. The summed E-state index contributed by atoms with van der Waals surface area (Å²) in [5, 5.41) is 11.0. The number of carbonyl (C=O) groups excluding carboxylic acids is 1. The van der Waals surface area contributed by atoms with Crippen molar-refractivity contribution in [1.29, 1.82) is 0 Å². The molecule has 1 saturated heterocycles. The number of aromatic nitrogens is 1. The van der Waals surface area contributed by atoms with Crippen LogP contribution in [0.2, 0.25) is 0 Å². The summed E-state index contributed by atoms with van der Waals surface area (Å²) in [6, 6.07) is 5.83. The Morgan fingerprint density at radius 2 is 2.00 bits per heavy atom. The molecule has 2 heterocycles. The molecule has 0 saturated carbocycles. The molecule has 7 nitrogen and oxygen atoms in total. The molecule has 27 heavy (non-hydrogen) atoms. The Morgan fingerprint density at radius 3 is 2.63 bits per heavy atom. The minimum Gasteiger partial charge on any atom is -0.471 e. The highest BCUT2D eigenvalue weighted by atomic mass is 19.4. The molecule has 0 radical (unpaired) electrons. The molecular weight excluding hydrogens is 367 g/mol. The molecule has 1 fully saturated rings. The number of carbonyl (C=O) groups is 1. The first kappa shape index (κ1) is 18.6. The molecule has 0 atom stereocenters. The number of likely N-dealkylation sites (tertiary alicyclic amines) is 1. The van der Waals surface area contributed by atoms with Gasteiger partial charge in [-0.05, 0) is 19.1 Å². The van der Waals surface area contributed by atoms with Gasteiger partial charge in [-0.15, -0.1) is 0 Å². The van der Waals surface area contributed by atoms with Crippen LogP contribution >= 0.6 is 0 Å². The number of rotatable bonds is 4. The Hall–Kier alpha value is -3.17. The van der Waals surface area contributed by atoms with Crippen LogP contribution in [0.1, 0.15) is 21.5 Å². The van der Waals surface area contributed by atoms with E-state index in [9.17, 15) is 28.1 Å². The highest BCUT2D eigenvalue weighted by Gasteiger charge is 2.35. The van der Waals surface area contributed by atoms with Gasteiger partial charge in [0.25, 0.3) is 11.6 Å². The normalized spacial score (nSPS) is 14.6. The third-order valence-corrected chi connectivity index (χ3v) is 4.14. The van der Waals surface area contributed by atoms with Gasteiger partial charge in [-0.2, -0.15) is 13.2 Å². The minimum absolute atomic E-state index is 0.151. The molecule has 142 valence electrons. The zero-order chi connectivity index (χ0) is 19.8. The van der Waals surface area contributed by atoms with Gasteiger partial charge in [0.15, 0.2) is 0 Å². The number of benzene rings is 1. The average molecular weight is 381 g/mol. The van der Waals surface area contributed by atoms with Crippen molar-refractivity contribution in [2.24, 2.45) is 0 Å². The fraction of sp³-hybridized carbons (Fsp3) is 0.294. The van der Waals surface area contributed by atoms with Gasteiger partial charge in [0.2, 0.25) is 5.88 Å². The number of hydrogen-bond acceptors (Lipinski definition) is 5. The van der Waals surface area contributed by atoms with Crippen LogP contribution in [-0.4, -0.2) is 39.9 Å². The number of aryl methyl sites for hydroxylation is 1. The second-order valence-electron chi connectivity index (χ2n) is 6.09. The van der Waals surface area contributed by atoms with E-state index in [0.29, 0.717) is 5.56 Å². The van der Waals surface area contributed by atoms with Crippen molar-refractivity contribution < 1.29 is 27.6 Å². The van der Waals surface area contributed by atoms with E-state index < -0.39 is 28.7 Å². The Kier molecular flexibility index (Phi) is 4.73. The monoisotopic (exact) mass is 381 g/mol. The van der Waals surface area contributed by atoms with Crippen LogP contribution in [0.25, 0.3) is 0 Å². The quantitative estimate of drug-likeness (QED) is 0.600. The first-order chi connectivity index (χ1) is 12.6. The Balaban J connectivity index is 1.62. The van der Waals surface area contributed by atoms with Gasteiger partial charge in [-0.25, -0.2) is 4.98 Å². The van der Waals surface area contributed by atoms with E-state index in [4.69, 9.17) is 4.74 Å². The first-order valence-corrected chi connectivity index (χ1v) is 7.89. The molecule has 1 aliphatic heterocycles. The molecule has 3 rings (SSSR count). The van der Waals surface area contributed by atoms with Crippen molar-refractivity contribution in [3.05, 3.63) is 63.3 Å². The molecule has 2 aromatic rings. The van der Waals surface area contributed by atoms with E-state index in [-0.39, 0.29) is 30.2 Å². The maximum atomic E-state index is 12.7. The lowest BCUT2D eigenvalue weighted by Crippen LogP contribution is -2.56. The maximum Gasteiger partial charge on any atom is 0.416 e. The van der Waals surface area contributed by atoms with E-state index in [1.807, 2.05) is 0 Å². The summed E-state index contributed by atoms with van der Waals surface area (Å²) in [6.45, 7) is 1.87. The minimum atomic E-state index is -4.50. The molecule has 0 unspecified atom stereocenters. The van der Waals surface area contributed by atoms with Crippen molar-refractivity contribution in [3.63, 3.8) is 0 Å². The predicted octanol–water partition coefficient (Wildman–Crippen LogP) is 3.22. The van der Waals surface area contributed by atoms with E-state index in [1.165, 1.54) is 23.1 Å². The van der Waals surface area contributed by atoms with Crippen molar-refractivity contribution in [2.75, 3.05) is 13.1 Å². The van der Waals surface area contributed by atoms with Crippen molar-refractivity contribution >= 4 is 11.6 Å². The summed E-state index contributed by atoms with van der Waals surface area (Å²) in [4.78, 5) is 27.9. The summed E-state index contributed by atoms with van der Waals surface area (Å²) in [5.41, 5.74) is -0.408. The van der Waals surface area contributed by atoms with Crippen LogP contribution in [0, 0.1) is 17.0 Å². The highest BCUT2D eigenvalue weighted by molar-refractivity contribution is 5.95. The van der Waals surface area contributed by atoms with Gasteiger partial charge in [0.1, 0.15) is 6.10 Å². The summed E-state index contributed by atoms with van der Waals surface area (Å²) < 4.78 is 43.4. The molecule has 0 N–H and O–H groups in total. The molecular formula is C17H14F3N3O4. The molecule has 0 aliphatic carbocycles. The molecule has 1 aromatic carbocycles. The van der Waals surface area contributed by atoms with Gasteiger partial charge in [0.05, 0.1) is 23.6 Å². The molecule has 0 spiro atoms. The number of hydrogen-bond donors (Lipinski definition) is 0. The maximum absolute atomic E-state index is 12.7. The van der Waals surface area contributed by atoms with E-state index >= 15 is 0 Å². The highest BCUT2D eigenvalue weighted by Crippen LogP contribution is 2.31. The molecule has 10 heteroatoms. The van der Waals surface area contributed by atoms with Gasteiger partial charge < -0.3 is 9.64 Å². The number of halogens is 3. The van der Waals surface area contributed by atoms with Crippen molar-refractivity contribution in [2.45, 2.75) is 19.2 Å². The molecule has 1 aromatic heterocycles.